The Morgan fingerprint density at radius 3 is 2.38 bits per heavy atom. The third-order valence-corrected chi connectivity index (χ3v) is 3.61. The van der Waals surface area contributed by atoms with Gasteiger partial charge in [-0.2, -0.15) is 13.2 Å². The number of carbonyl (C=O) groups excluding carboxylic acids is 1. The number of ether oxygens (including phenoxy) is 1. The molecule has 1 amide bonds. The van der Waals surface area contributed by atoms with Crippen molar-refractivity contribution in [2.45, 2.75) is 37.9 Å². The molecule has 1 aromatic carbocycles. The van der Waals surface area contributed by atoms with Gasteiger partial charge in [-0.1, -0.05) is 25.1 Å². The number of methoxy groups -OCH3 is 1. The van der Waals surface area contributed by atoms with Crippen LogP contribution >= 0.6 is 0 Å². The van der Waals surface area contributed by atoms with Gasteiger partial charge in [-0.3, -0.25) is 4.79 Å². The van der Waals surface area contributed by atoms with E-state index >= 15 is 0 Å². The van der Waals surface area contributed by atoms with Gasteiger partial charge in [0.1, 0.15) is 0 Å². The Hall–Kier alpha value is -2.09. The van der Waals surface area contributed by atoms with Crippen molar-refractivity contribution >= 4 is 11.9 Å². The van der Waals surface area contributed by atoms with Gasteiger partial charge in [0, 0.05) is 13.5 Å². The molecule has 134 valence electrons. The zero-order chi connectivity index (χ0) is 18.5. The van der Waals surface area contributed by atoms with E-state index in [9.17, 15) is 27.9 Å². The van der Waals surface area contributed by atoms with E-state index < -0.39 is 35.1 Å². The Balaban J connectivity index is 2.91. The highest BCUT2D eigenvalue weighted by molar-refractivity contribution is 5.87. The van der Waals surface area contributed by atoms with Gasteiger partial charge in [-0.15, -0.1) is 0 Å². The van der Waals surface area contributed by atoms with Crippen LogP contribution in [-0.2, 0) is 20.5 Å². The molecule has 2 N–H and O–H groups in total. The smallest absolute Gasteiger partial charge is 0.416 e. The minimum absolute atomic E-state index is 0.0103. The average molecular weight is 347 g/mol. The molecule has 0 aliphatic carbocycles. The third-order valence-electron chi connectivity index (χ3n) is 3.61. The van der Waals surface area contributed by atoms with Crippen molar-refractivity contribution in [2.75, 3.05) is 13.7 Å². The van der Waals surface area contributed by atoms with Crippen molar-refractivity contribution in [2.24, 2.45) is 0 Å². The summed E-state index contributed by atoms with van der Waals surface area (Å²) in [5.74, 6) is -2.69. The van der Waals surface area contributed by atoms with E-state index in [0.717, 1.165) is 6.07 Å². The van der Waals surface area contributed by atoms with Gasteiger partial charge in [0.2, 0.25) is 5.91 Å². The lowest BCUT2D eigenvalue weighted by atomic mass is 9.92. The largest absolute Gasteiger partial charge is 0.479 e. The highest BCUT2D eigenvalue weighted by Crippen LogP contribution is 2.36. The predicted octanol–water partition coefficient (Wildman–Crippen LogP) is 2.80. The van der Waals surface area contributed by atoms with E-state index in [-0.39, 0.29) is 18.6 Å². The maximum absolute atomic E-state index is 13.0. The summed E-state index contributed by atoms with van der Waals surface area (Å²) in [6, 6.07) is 5.01. The molecule has 0 spiro atoms. The van der Waals surface area contributed by atoms with Crippen LogP contribution in [0.5, 0.6) is 0 Å². The molecule has 8 heteroatoms. The summed E-state index contributed by atoms with van der Waals surface area (Å²) >= 11 is 0. The SMILES string of the molecule is COCC(C)(NC(=O)CC(C)c1ccccc1C(F)(F)F)C(=O)O. The fourth-order valence-electron chi connectivity index (χ4n) is 2.37. The van der Waals surface area contributed by atoms with Gasteiger partial charge in [-0.05, 0) is 24.5 Å². The van der Waals surface area contributed by atoms with Crippen LogP contribution in [0, 0.1) is 0 Å². The molecule has 5 nitrogen and oxygen atoms in total. The number of nitrogens with one attached hydrogen (secondary N) is 1. The Labute approximate surface area is 137 Å². The summed E-state index contributed by atoms with van der Waals surface area (Å²) in [7, 11) is 1.29. The molecule has 24 heavy (non-hydrogen) atoms. The van der Waals surface area contributed by atoms with Gasteiger partial charge >= 0.3 is 12.1 Å². The summed E-state index contributed by atoms with van der Waals surface area (Å²) in [5, 5.41) is 11.5. The first-order chi connectivity index (χ1) is 11.0. The van der Waals surface area contributed by atoms with E-state index in [0.29, 0.717) is 0 Å². The zero-order valence-corrected chi connectivity index (χ0v) is 13.6. The summed E-state index contributed by atoms with van der Waals surface area (Å²) in [6.45, 7) is 2.49. The normalized spacial score (nSPS) is 15.4. The van der Waals surface area contributed by atoms with Gasteiger partial charge in [-0.25, -0.2) is 4.79 Å². The lowest BCUT2D eigenvalue weighted by Crippen LogP contribution is -2.55. The van der Waals surface area contributed by atoms with E-state index in [1.807, 2.05) is 0 Å². The van der Waals surface area contributed by atoms with Crippen molar-refractivity contribution in [3.05, 3.63) is 35.4 Å². The average Bonchev–Trinajstić information content (AvgIpc) is 2.46. The number of carboxylic acid groups (broad SMARTS) is 1. The van der Waals surface area contributed by atoms with Crippen LogP contribution in [0.2, 0.25) is 0 Å². The van der Waals surface area contributed by atoms with E-state index in [1.54, 1.807) is 0 Å². The molecule has 2 atom stereocenters. The molecule has 0 aliphatic heterocycles. The van der Waals surface area contributed by atoms with Crippen molar-refractivity contribution in [3.63, 3.8) is 0 Å². The van der Waals surface area contributed by atoms with Crippen molar-refractivity contribution in [1.29, 1.82) is 0 Å². The van der Waals surface area contributed by atoms with Crippen LogP contribution in [0.25, 0.3) is 0 Å². The molecule has 0 heterocycles. The maximum Gasteiger partial charge on any atom is 0.416 e. The number of carboxylic acids is 1. The number of hydrogen-bond acceptors (Lipinski definition) is 3. The molecule has 0 bridgehead atoms. The van der Waals surface area contributed by atoms with E-state index in [1.165, 1.54) is 39.2 Å². The molecule has 1 rings (SSSR count). The Bertz CT molecular complexity index is 603. The first-order valence-electron chi connectivity index (χ1n) is 7.20. The predicted molar refractivity (Wildman–Crippen MR) is 80.5 cm³/mol. The lowest BCUT2D eigenvalue weighted by Gasteiger charge is -2.26. The number of halogens is 3. The number of benzene rings is 1. The first-order valence-corrected chi connectivity index (χ1v) is 7.20. The van der Waals surface area contributed by atoms with Gasteiger partial charge in [0.25, 0.3) is 0 Å². The van der Waals surface area contributed by atoms with Gasteiger partial charge in [0.05, 0.1) is 12.2 Å². The van der Waals surface area contributed by atoms with Crippen LogP contribution in [0.15, 0.2) is 24.3 Å². The van der Waals surface area contributed by atoms with E-state index in [2.05, 4.69) is 5.32 Å². The standard InChI is InChI=1S/C16H20F3NO4/c1-10(11-6-4-5-7-12(11)16(17,18)19)8-13(21)20-15(2,9-24-3)14(22)23/h4-7,10H,8-9H2,1-3H3,(H,20,21)(H,22,23). The van der Waals surface area contributed by atoms with Crippen molar-refractivity contribution < 1.29 is 32.6 Å². The lowest BCUT2D eigenvalue weighted by molar-refractivity contribution is -0.149. The monoisotopic (exact) mass is 347 g/mol. The Kier molecular flexibility index (Phi) is 6.36. The second-order valence-electron chi connectivity index (χ2n) is 5.81. The molecule has 0 radical (unpaired) electrons. The highest BCUT2D eigenvalue weighted by Gasteiger charge is 2.37. The summed E-state index contributed by atoms with van der Waals surface area (Å²) < 4.78 is 43.9. The van der Waals surface area contributed by atoms with Crippen LogP contribution in [0.3, 0.4) is 0 Å². The quantitative estimate of drug-likeness (QED) is 0.795. The molecule has 0 fully saturated rings. The number of alkyl halides is 3. The third kappa shape index (κ3) is 4.95. The van der Waals surface area contributed by atoms with Crippen molar-refractivity contribution in [1.82, 2.24) is 5.32 Å². The van der Waals surface area contributed by atoms with Crippen LogP contribution < -0.4 is 5.32 Å². The molecule has 2 unspecified atom stereocenters. The summed E-state index contributed by atoms with van der Waals surface area (Å²) in [4.78, 5) is 23.3. The first kappa shape index (κ1) is 20.0. The van der Waals surface area contributed by atoms with Crippen LogP contribution in [0.4, 0.5) is 13.2 Å². The molecule has 0 saturated heterocycles. The molecular formula is C16H20F3NO4. The minimum atomic E-state index is -4.52. The summed E-state index contributed by atoms with van der Waals surface area (Å²) in [5.41, 5.74) is -2.46. The molecule has 1 aromatic rings. The van der Waals surface area contributed by atoms with Crippen molar-refractivity contribution in [3.8, 4) is 0 Å². The van der Waals surface area contributed by atoms with Gasteiger partial charge in [0.15, 0.2) is 5.54 Å². The number of amides is 1. The second kappa shape index (κ2) is 7.65. The van der Waals surface area contributed by atoms with Crippen LogP contribution in [-0.4, -0.2) is 36.2 Å². The number of carbonyl (C=O) groups is 2. The molecule has 0 saturated carbocycles. The Morgan fingerprint density at radius 2 is 1.88 bits per heavy atom. The Morgan fingerprint density at radius 1 is 1.29 bits per heavy atom. The topological polar surface area (TPSA) is 75.6 Å². The fourth-order valence-corrected chi connectivity index (χ4v) is 2.37. The number of hydrogen-bond donors (Lipinski definition) is 2. The zero-order valence-electron chi connectivity index (χ0n) is 13.6. The van der Waals surface area contributed by atoms with Gasteiger partial charge < -0.3 is 15.2 Å². The molecule has 0 aromatic heterocycles. The number of rotatable bonds is 7. The second-order valence-corrected chi connectivity index (χ2v) is 5.81. The molecular weight excluding hydrogens is 327 g/mol. The molecule has 0 aliphatic rings. The minimum Gasteiger partial charge on any atom is -0.479 e. The van der Waals surface area contributed by atoms with Crippen LogP contribution in [0.1, 0.15) is 37.3 Å². The highest BCUT2D eigenvalue weighted by atomic mass is 19.4. The van der Waals surface area contributed by atoms with E-state index in [4.69, 9.17) is 4.74 Å². The maximum atomic E-state index is 13.0. The summed E-state index contributed by atoms with van der Waals surface area (Å²) in [6.07, 6.45) is -4.80. The number of aliphatic carboxylic acids is 1. The fraction of sp³-hybridized carbons (Fsp3) is 0.500.